The second-order valence-corrected chi connectivity index (χ2v) is 6.50. The van der Waals surface area contributed by atoms with Crippen LogP contribution < -0.4 is 10.8 Å². The minimum absolute atomic E-state index is 0.0834. The molecule has 0 saturated heterocycles. The number of carbonyl (C=O) groups is 1. The lowest BCUT2D eigenvalue weighted by Gasteiger charge is -2.15. The van der Waals surface area contributed by atoms with Crippen LogP contribution in [0.2, 0.25) is 0 Å². The first-order valence-corrected chi connectivity index (χ1v) is 8.55. The van der Waals surface area contributed by atoms with Crippen LogP contribution in [0.15, 0.2) is 30.3 Å². The van der Waals surface area contributed by atoms with E-state index in [1.807, 2.05) is 19.1 Å². The van der Waals surface area contributed by atoms with Crippen molar-refractivity contribution in [1.29, 1.82) is 0 Å². The Labute approximate surface area is 157 Å². The van der Waals surface area contributed by atoms with Crippen LogP contribution in [0.5, 0.6) is 0 Å². The molecule has 3 N–H and O–H groups in total. The smallest absolute Gasteiger partial charge is 0.277 e. The SMILES string of the molecule is Cc1cc(I)ccc1Nc1cc(F)c(F)cc1C(=O)NOCCCO. The summed E-state index contributed by atoms with van der Waals surface area (Å²) in [4.78, 5) is 17.1. The number of carbonyl (C=O) groups excluding carboxylic acids is 1. The highest BCUT2D eigenvalue weighted by Crippen LogP contribution is 2.27. The van der Waals surface area contributed by atoms with E-state index in [1.165, 1.54) is 0 Å². The number of benzene rings is 2. The van der Waals surface area contributed by atoms with E-state index in [9.17, 15) is 13.6 Å². The van der Waals surface area contributed by atoms with Crippen molar-refractivity contribution in [3.63, 3.8) is 0 Å². The summed E-state index contributed by atoms with van der Waals surface area (Å²) in [7, 11) is 0. The van der Waals surface area contributed by atoms with E-state index < -0.39 is 17.5 Å². The lowest BCUT2D eigenvalue weighted by atomic mass is 10.1. The van der Waals surface area contributed by atoms with Gasteiger partial charge in [0.05, 0.1) is 17.9 Å². The molecule has 0 radical (unpaired) electrons. The summed E-state index contributed by atoms with van der Waals surface area (Å²) < 4.78 is 28.2. The first-order chi connectivity index (χ1) is 11.9. The Bertz CT molecular complexity index is 772. The Morgan fingerprint density at radius 3 is 2.60 bits per heavy atom. The predicted molar refractivity (Wildman–Crippen MR) is 98.7 cm³/mol. The monoisotopic (exact) mass is 462 g/mol. The van der Waals surface area contributed by atoms with Gasteiger partial charge < -0.3 is 10.4 Å². The predicted octanol–water partition coefficient (Wildman–Crippen LogP) is 3.67. The minimum atomic E-state index is -1.13. The van der Waals surface area contributed by atoms with E-state index in [0.29, 0.717) is 12.1 Å². The number of hydrogen-bond acceptors (Lipinski definition) is 4. The molecular weight excluding hydrogens is 445 g/mol. The van der Waals surface area contributed by atoms with E-state index in [2.05, 4.69) is 33.4 Å². The minimum Gasteiger partial charge on any atom is -0.396 e. The molecule has 0 bridgehead atoms. The van der Waals surface area contributed by atoms with Gasteiger partial charge in [0.1, 0.15) is 0 Å². The maximum Gasteiger partial charge on any atom is 0.277 e. The van der Waals surface area contributed by atoms with Crippen molar-refractivity contribution < 1.29 is 23.5 Å². The Balaban J connectivity index is 2.26. The van der Waals surface area contributed by atoms with Crippen molar-refractivity contribution in [3.05, 3.63) is 56.7 Å². The highest BCUT2D eigenvalue weighted by molar-refractivity contribution is 14.1. The highest BCUT2D eigenvalue weighted by atomic mass is 127. The van der Waals surface area contributed by atoms with Crippen molar-refractivity contribution in [1.82, 2.24) is 5.48 Å². The van der Waals surface area contributed by atoms with Crippen LogP contribution in [-0.4, -0.2) is 24.2 Å². The van der Waals surface area contributed by atoms with Crippen LogP contribution >= 0.6 is 22.6 Å². The van der Waals surface area contributed by atoms with Gasteiger partial charge in [-0.3, -0.25) is 9.63 Å². The third kappa shape index (κ3) is 5.35. The third-order valence-corrected chi connectivity index (χ3v) is 4.00. The third-order valence-electron chi connectivity index (χ3n) is 3.33. The highest BCUT2D eigenvalue weighted by Gasteiger charge is 2.17. The average Bonchev–Trinajstić information content (AvgIpc) is 2.57. The van der Waals surface area contributed by atoms with Crippen LogP contribution in [0, 0.1) is 22.1 Å². The van der Waals surface area contributed by atoms with Gasteiger partial charge in [-0.15, -0.1) is 0 Å². The van der Waals surface area contributed by atoms with Crippen molar-refractivity contribution in [3.8, 4) is 0 Å². The molecule has 0 unspecified atom stereocenters. The van der Waals surface area contributed by atoms with Gasteiger partial charge in [-0.1, -0.05) is 0 Å². The molecule has 0 fully saturated rings. The van der Waals surface area contributed by atoms with E-state index in [1.54, 1.807) is 6.07 Å². The van der Waals surface area contributed by atoms with Crippen LogP contribution in [0.3, 0.4) is 0 Å². The molecule has 25 heavy (non-hydrogen) atoms. The maximum absolute atomic E-state index is 13.6. The molecule has 0 aliphatic carbocycles. The molecule has 2 rings (SSSR count). The molecule has 0 heterocycles. The van der Waals surface area contributed by atoms with Gasteiger partial charge in [0.15, 0.2) is 11.6 Å². The van der Waals surface area contributed by atoms with Crippen LogP contribution in [-0.2, 0) is 4.84 Å². The van der Waals surface area contributed by atoms with Gasteiger partial charge in [-0.05, 0) is 65.8 Å². The number of hydrogen-bond donors (Lipinski definition) is 3. The molecule has 0 aromatic heterocycles. The Morgan fingerprint density at radius 2 is 1.92 bits per heavy atom. The number of halogens is 3. The Kier molecular flexibility index (Phi) is 7.09. The van der Waals surface area contributed by atoms with Gasteiger partial charge in [-0.25, -0.2) is 14.3 Å². The summed E-state index contributed by atoms with van der Waals surface area (Å²) in [6.45, 7) is 1.88. The average molecular weight is 462 g/mol. The van der Waals surface area contributed by atoms with E-state index in [0.717, 1.165) is 21.3 Å². The largest absolute Gasteiger partial charge is 0.396 e. The second kappa shape index (κ2) is 9.07. The molecule has 0 spiro atoms. The van der Waals surface area contributed by atoms with Gasteiger partial charge >= 0.3 is 0 Å². The molecule has 0 aliphatic heterocycles. The van der Waals surface area contributed by atoms with E-state index >= 15 is 0 Å². The zero-order valence-corrected chi connectivity index (χ0v) is 15.6. The number of aryl methyl sites for hydroxylation is 1. The lowest BCUT2D eigenvalue weighted by molar-refractivity contribution is 0.0262. The first-order valence-electron chi connectivity index (χ1n) is 7.47. The number of hydroxylamine groups is 1. The molecule has 8 heteroatoms. The number of anilines is 2. The molecule has 2 aromatic carbocycles. The number of nitrogens with one attached hydrogen (secondary N) is 2. The van der Waals surface area contributed by atoms with Crippen LogP contribution in [0.25, 0.3) is 0 Å². The fourth-order valence-corrected chi connectivity index (χ4v) is 2.71. The summed E-state index contributed by atoms with van der Waals surface area (Å²) in [5.74, 6) is -2.92. The maximum atomic E-state index is 13.6. The molecule has 1 amide bonds. The zero-order valence-electron chi connectivity index (χ0n) is 13.4. The van der Waals surface area contributed by atoms with Crippen molar-refractivity contribution in [2.75, 3.05) is 18.5 Å². The summed E-state index contributed by atoms with van der Waals surface area (Å²) in [6, 6.07) is 7.30. The molecule has 0 saturated carbocycles. The normalized spacial score (nSPS) is 10.6. The van der Waals surface area contributed by atoms with Crippen LogP contribution in [0.4, 0.5) is 20.2 Å². The zero-order chi connectivity index (χ0) is 18.4. The standard InChI is InChI=1S/C17H17F2IN2O3/c1-10-7-11(20)3-4-15(10)21-16-9-14(19)13(18)8-12(16)17(24)22-25-6-2-5-23/h3-4,7-9,21,23H,2,5-6H2,1H3,(H,22,24). The van der Waals surface area contributed by atoms with E-state index in [-0.39, 0.29) is 24.5 Å². The molecule has 5 nitrogen and oxygen atoms in total. The summed E-state index contributed by atoms with van der Waals surface area (Å²) >= 11 is 2.17. The molecule has 2 aromatic rings. The number of amides is 1. The Morgan fingerprint density at radius 1 is 1.20 bits per heavy atom. The van der Waals surface area contributed by atoms with Gasteiger partial charge in [-0.2, -0.15) is 0 Å². The summed E-state index contributed by atoms with van der Waals surface area (Å²) in [5.41, 5.74) is 3.73. The van der Waals surface area contributed by atoms with Crippen molar-refractivity contribution in [2.45, 2.75) is 13.3 Å². The molecule has 0 atom stereocenters. The van der Waals surface area contributed by atoms with Crippen molar-refractivity contribution >= 4 is 39.9 Å². The molecular formula is C17H17F2IN2O3. The fourth-order valence-electron chi connectivity index (χ4n) is 2.06. The topological polar surface area (TPSA) is 70.6 Å². The fraction of sp³-hybridized carbons (Fsp3) is 0.235. The summed E-state index contributed by atoms with van der Waals surface area (Å²) in [5, 5.41) is 11.6. The summed E-state index contributed by atoms with van der Waals surface area (Å²) in [6.07, 6.45) is 0.338. The second-order valence-electron chi connectivity index (χ2n) is 5.25. The number of aliphatic hydroxyl groups excluding tert-OH is 1. The molecule has 0 aliphatic rings. The molecule has 134 valence electrons. The lowest BCUT2D eigenvalue weighted by Crippen LogP contribution is -2.25. The quantitative estimate of drug-likeness (QED) is 0.334. The number of aliphatic hydroxyl groups is 1. The van der Waals surface area contributed by atoms with Gasteiger partial charge in [0, 0.05) is 21.9 Å². The first kappa shape index (κ1) is 19.5. The van der Waals surface area contributed by atoms with Crippen LogP contribution in [0.1, 0.15) is 22.3 Å². The van der Waals surface area contributed by atoms with Gasteiger partial charge in [0.2, 0.25) is 0 Å². The van der Waals surface area contributed by atoms with Crippen molar-refractivity contribution in [2.24, 2.45) is 0 Å². The van der Waals surface area contributed by atoms with E-state index in [4.69, 9.17) is 9.94 Å². The Hall–Kier alpha value is -1.78. The number of rotatable bonds is 7. The van der Waals surface area contributed by atoms with Gasteiger partial charge in [0.25, 0.3) is 5.91 Å².